The predicted octanol–water partition coefficient (Wildman–Crippen LogP) is 1.53. The molecule has 0 aliphatic heterocycles. The fraction of sp³-hybridized carbons (Fsp3) is 0.533. The smallest absolute Gasteiger partial charge is 0.229 e. The van der Waals surface area contributed by atoms with E-state index in [1.54, 1.807) is 4.90 Å². The Balaban J connectivity index is 1.98. The van der Waals surface area contributed by atoms with Gasteiger partial charge in [-0.2, -0.15) is 0 Å². The molecular formula is C15H22N2O2. The second-order valence-corrected chi connectivity index (χ2v) is 5.53. The minimum atomic E-state index is -0.484. The fourth-order valence-electron chi connectivity index (χ4n) is 2.65. The first-order valence-corrected chi connectivity index (χ1v) is 6.78. The van der Waals surface area contributed by atoms with Gasteiger partial charge in [0.2, 0.25) is 5.91 Å². The molecule has 0 aromatic heterocycles. The van der Waals surface area contributed by atoms with Crippen LogP contribution in [0.2, 0.25) is 0 Å². The van der Waals surface area contributed by atoms with Gasteiger partial charge in [-0.1, -0.05) is 18.2 Å². The molecule has 0 heterocycles. The Morgan fingerprint density at radius 1 is 1.37 bits per heavy atom. The number of benzene rings is 1. The number of nitrogens with two attached hydrogens (primary N) is 1. The number of carbonyl (C=O) groups is 1. The lowest BCUT2D eigenvalue weighted by Crippen LogP contribution is -2.48. The van der Waals surface area contributed by atoms with E-state index < -0.39 is 5.54 Å². The average Bonchev–Trinajstić information content (AvgIpc) is 2.47. The van der Waals surface area contributed by atoms with Gasteiger partial charge in [-0.05, 0) is 37.8 Å². The van der Waals surface area contributed by atoms with E-state index in [1.807, 2.05) is 37.4 Å². The Labute approximate surface area is 114 Å². The van der Waals surface area contributed by atoms with Crippen molar-refractivity contribution in [3.63, 3.8) is 0 Å². The molecule has 4 heteroatoms. The summed E-state index contributed by atoms with van der Waals surface area (Å²) >= 11 is 0. The van der Waals surface area contributed by atoms with Crippen LogP contribution in [0.25, 0.3) is 0 Å². The van der Waals surface area contributed by atoms with Crippen LogP contribution in [0.5, 0.6) is 0 Å². The molecule has 1 aliphatic rings. The minimum Gasteiger partial charge on any atom is -0.394 e. The van der Waals surface area contributed by atoms with Crippen LogP contribution in [0.15, 0.2) is 30.3 Å². The number of hydrogen-bond acceptors (Lipinski definition) is 3. The molecule has 1 saturated carbocycles. The predicted molar refractivity (Wildman–Crippen MR) is 75.8 cm³/mol. The van der Waals surface area contributed by atoms with Crippen molar-refractivity contribution in [2.24, 2.45) is 11.7 Å². The van der Waals surface area contributed by atoms with Gasteiger partial charge in [0.25, 0.3) is 0 Å². The Bertz CT molecular complexity index is 425. The number of rotatable bonds is 3. The van der Waals surface area contributed by atoms with Crippen LogP contribution >= 0.6 is 0 Å². The molecule has 19 heavy (non-hydrogen) atoms. The van der Waals surface area contributed by atoms with E-state index in [4.69, 9.17) is 5.73 Å². The zero-order valence-corrected chi connectivity index (χ0v) is 11.4. The quantitative estimate of drug-likeness (QED) is 0.868. The first-order chi connectivity index (χ1) is 9.06. The van der Waals surface area contributed by atoms with Crippen molar-refractivity contribution in [3.05, 3.63) is 30.3 Å². The van der Waals surface area contributed by atoms with Crippen molar-refractivity contribution in [1.82, 2.24) is 0 Å². The van der Waals surface area contributed by atoms with Crippen LogP contribution < -0.4 is 10.6 Å². The minimum absolute atomic E-state index is 0.00242. The molecule has 0 atom stereocenters. The summed E-state index contributed by atoms with van der Waals surface area (Å²) in [5.41, 5.74) is 6.46. The summed E-state index contributed by atoms with van der Waals surface area (Å²) in [7, 11) is 1.81. The van der Waals surface area contributed by atoms with Crippen molar-refractivity contribution in [2.45, 2.75) is 31.2 Å². The van der Waals surface area contributed by atoms with Crippen LogP contribution in [-0.2, 0) is 4.79 Å². The first-order valence-electron chi connectivity index (χ1n) is 6.78. The molecule has 1 aliphatic carbocycles. The van der Waals surface area contributed by atoms with E-state index in [0.717, 1.165) is 18.5 Å². The van der Waals surface area contributed by atoms with Gasteiger partial charge in [0.1, 0.15) is 0 Å². The van der Waals surface area contributed by atoms with E-state index in [9.17, 15) is 9.90 Å². The van der Waals surface area contributed by atoms with E-state index >= 15 is 0 Å². The van der Waals surface area contributed by atoms with Crippen LogP contribution in [0.1, 0.15) is 25.7 Å². The second kappa shape index (κ2) is 5.72. The zero-order chi connectivity index (χ0) is 13.9. The number of nitrogens with zero attached hydrogens (tertiary/aromatic N) is 1. The maximum Gasteiger partial charge on any atom is 0.229 e. The number of carbonyl (C=O) groups excluding carboxylic acids is 1. The van der Waals surface area contributed by atoms with Crippen molar-refractivity contribution in [2.75, 3.05) is 18.6 Å². The van der Waals surface area contributed by atoms with Gasteiger partial charge in [0, 0.05) is 24.2 Å². The van der Waals surface area contributed by atoms with Crippen molar-refractivity contribution in [1.29, 1.82) is 0 Å². The molecular weight excluding hydrogens is 240 g/mol. The monoisotopic (exact) mass is 262 g/mol. The summed E-state index contributed by atoms with van der Waals surface area (Å²) in [6.45, 7) is 0.00242. The standard InChI is InChI=1S/C15H22N2O2/c1-17(13-5-3-2-4-6-13)14(19)12-7-9-15(16,11-18)10-8-12/h2-6,12,18H,7-11,16H2,1H3. The highest BCUT2D eigenvalue weighted by molar-refractivity contribution is 5.94. The van der Waals surface area contributed by atoms with Crippen LogP contribution in [0, 0.1) is 5.92 Å². The van der Waals surface area contributed by atoms with Gasteiger partial charge in [-0.25, -0.2) is 0 Å². The summed E-state index contributed by atoms with van der Waals surface area (Å²) in [6.07, 6.45) is 2.94. The third-order valence-corrected chi connectivity index (χ3v) is 4.12. The molecule has 0 spiro atoms. The van der Waals surface area contributed by atoms with E-state index in [2.05, 4.69) is 0 Å². The Hall–Kier alpha value is -1.39. The molecule has 0 bridgehead atoms. The van der Waals surface area contributed by atoms with Crippen molar-refractivity contribution < 1.29 is 9.90 Å². The van der Waals surface area contributed by atoms with Crippen molar-refractivity contribution in [3.8, 4) is 0 Å². The largest absolute Gasteiger partial charge is 0.394 e. The number of amides is 1. The molecule has 104 valence electrons. The number of aliphatic hydroxyl groups is 1. The summed E-state index contributed by atoms with van der Waals surface area (Å²) in [5.74, 6) is 0.166. The molecule has 0 radical (unpaired) electrons. The van der Waals surface area contributed by atoms with Crippen LogP contribution in [0.4, 0.5) is 5.69 Å². The van der Waals surface area contributed by atoms with Gasteiger partial charge >= 0.3 is 0 Å². The first kappa shape index (κ1) is 14.0. The molecule has 4 nitrogen and oxygen atoms in total. The van der Waals surface area contributed by atoms with Gasteiger partial charge in [0.15, 0.2) is 0 Å². The van der Waals surface area contributed by atoms with Gasteiger partial charge in [-0.15, -0.1) is 0 Å². The maximum atomic E-state index is 12.4. The molecule has 0 unspecified atom stereocenters. The number of hydrogen-bond donors (Lipinski definition) is 2. The zero-order valence-electron chi connectivity index (χ0n) is 11.4. The van der Waals surface area contributed by atoms with Gasteiger partial charge in [0.05, 0.1) is 6.61 Å². The number of aliphatic hydroxyl groups excluding tert-OH is 1. The van der Waals surface area contributed by atoms with E-state index in [1.165, 1.54) is 0 Å². The van der Waals surface area contributed by atoms with Crippen LogP contribution in [-0.4, -0.2) is 30.2 Å². The summed E-state index contributed by atoms with van der Waals surface area (Å²) in [6, 6.07) is 9.66. The van der Waals surface area contributed by atoms with Crippen LogP contribution in [0.3, 0.4) is 0 Å². The molecule has 1 aromatic rings. The Morgan fingerprint density at radius 3 is 2.47 bits per heavy atom. The van der Waals surface area contributed by atoms with Gasteiger partial charge in [-0.3, -0.25) is 4.79 Å². The molecule has 3 N–H and O–H groups in total. The topological polar surface area (TPSA) is 66.6 Å². The molecule has 0 saturated heterocycles. The Kier molecular flexibility index (Phi) is 4.22. The number of para-hydroxylation sites is 1. The SMILES string of the molecule is CN(C(=O)C1CCC(N)(CO)CC1)c1ccccc1. The molecule has 1 aromatic carbocycles. The normalized spacial score (nSPS) is 27.0. The lowest BCUT2D eigenvalue weighted by Gasteiger charge is -2.36. The second-order valence-electron chi connectivity index (χ2n) is 5.53. The lowest BCUT2D eigenvalue weighted by molar-refractivity contribution is -0.123. The highest BCUT2D eigenvalue weighted by Crippen LogP contribution is 2.31. The molecule has 1 amide bonds. The number of anilines is 1. The summed E-state index contributed by atoms with van der Waals surface area (Å²) in [5, 5.41) is 9.24. The third-order valence-electron chi connectivity index (χ3n) is 4.12. The fourth-order valence-corrected chi connectivity index (χ4v) is 2.65. The summed E-state index contributed by atoms with van der Waals surface area (Å²) in [4.78, 5) is 14.1. The molecule has 2 rings (SSSR count). The molecule has 1 fully saturated rings. The van der Waals surface area contributed by atoms with E-state index in [-0.39, 0.29) is 18.4 Å². The van der Waals surface area contributed by atoms with Crippen molar-refractivity contribution >= 4 is 11.6 Å². The third kappa shape index (κ3) is 3.14. The van der Waals surface area contributed by atoms with E-state index in [0.29, 0.717) is 12.8 Å². The maximum absolute atomic E-state index is 12.4. The van der Waals surface area contributed by atoms with Gasteiger partial charge < -0.3 is 15.7 Å². The summed E-state index contributed by atoms with van der Waals surface area (Å²) < 4.78 is 0. The lowest BCUT2D eigenvalue weighted by atomic mass is 9.77. The highest BCUT2D eigenvalue weighted by atomic mass is 16.3. The highest BCUT2D eigenvalue weighted by Gasteiger charge is 2.35. The Morgan fingerprint density at radius 2 is 1.95 bits per heavy atom. The average molecular weight is 262 g/mol.